The normalized spacial score (nSPS) is 17.0. The van der Waals surface area contributed by atoms with E-state index in [1.165, 1.54) is 38.5 Å². The summed E-state index contributed by atoms with van der Waals surface area (Å²) in [5.41, 5.74) is 0.134. The number of aliphatic hydroxyl groups is 1. The average Bonchev–Trinajstić information content (AvgIpc) is 3.13. The minimum atomic E-state index is -4.91. The van der Waals surface area contributed by atoms with E-state index in [4.69, 9.17) is 32.7 Å². The van der Waals surface area contributed by atoms with Crippen LogP contribution < -0.4 is 19.1 Å². The molecule has 7 nitrogen and oxygen atoms in total. The summed E-state index contributed by atoms with van der Waals surface area (Å²) in [7, 11) is 2.76. The molecule has 1 unspecified atom stereocenters. The van der Waals surface area contributed by atoms with Gasteiger partial charge in [0.2, 0.25) is 0 Å². The van der Waals surface area contributed by atoms with E-state index in [0.29, 0.717) is 11.3 Å². The smallest absolute Gasteiger partial charge is 0.507 e. The minimum Gasteiger partial charge on any atom is -0.507 e. The Hall–Kier alpha value is -3.89. The molecule has 0 aliphatic carbocycles. The van der Waals surface area contributed by atoms with Crippen molar-refractivity contribution in [1.82, 2.24) is 0 Å². The number of alkyl halides is 3. The number of methoxy groups -OCH3 is 2. The molecule has 0 saturated carbocycles. The fourth-order valence-corrected chi connectivity index (χ4v) is 4.67. The van der Waals surface area contributed by atoms with Gasteiger partial charge in [-0.15, -0.1) is 13.2 Å². The summed E-state index contributed by atoms with van der Waals surface area (Å²) < 4.78 is 52.2. The molecule has 0 spiro atoms. The number of aliphatic hydroxyl groups excluding tert-OH is 1. The number of hydrogen-bond acceptors (Lipinski definition) is 6. The lowest BCUT2D eigenvalue weighted by molar-refractivity contribution is -0.274. The summed E-state index contributed by atoms with van der Waals surface area (Å²) in [6.07, 6.45) is -4.91. The van der Waals surface area contributed by atoms with Crippen LogP contribution in [0.5, 0.6) is 17.2 Å². The van der Waals surface area contributed by atoms with Crippen LogP contribution in [0, 0.1) is 0 Å². The number of carbonyl (C=O) groups is 2. The van der Waals surface area contributed by atoms with Gasteiger partial charge >= 0.3 is 6.36 Å². The first-order valence-corrected chi connectivity index (χ1v) is 11.5. The first-order valence-electron chi connectivity index (χ1n) is 10.8. The first-order chi connectivity index (χ1) is 17.9. The summed E-state index contributed by atoms with van der Waals surface area (Å²) in [5, 5.41) is 11.5. The van der Waals surface area contributed by atoms with Gasteiger partial charge in [-0.1, -0.05) is 35.3 Å². The van der Waals surface area contributed by atoms with Crippen molar-refractivity contribution < 1.29 is 42.1 Å². The van der Waals surface area contributed by atoms with E-state index in [1.54, 1.807) is 24.3 Å². The highest BCUT2D eigenvalue weighted by molar-refractivity contribution is 6.52. The number of nitrogens with zero attached hydrogens (tertiary/aromatic N) is 1. The molecule has 1 aliphatic heterocycles. The van der Waals surface area contributed by atoms with Crippen LogP contribution in [0.2, 0.25) is 10.0 Å². The summed E-state index contributed by atoms with van der Waals surface area (Å²) in [6, 6.07) is 12.3. The van der Waals surface area contributed by atoms with Gasteiger partial charge in [-0.25, -0.2) is 0 Å². The Morgan fingerprint density at radius 2 is 1.53 bits per heavy atom. The van der Waals surface area contributed by atoms with E-state index >= 15 is 0 Å². The monoisotopic (exact) mass is 567 g/mol. The van der Waals surface area contributed by atoms with Gasteiger partial charge < -0.3 is 19.3 Å². The molecule has 1 aliphatic rings. The van der Waals surface area contributed by atoms with Crippen LogP contribution in [-0.2, 0) is 9.59 Å². The van der Waals surface area contributed by atoms with Crippen molar-refractivity contribution in [1.29, 1.82) is 0 Å². The number of ketones is 1. The standard InChI is InChI=1S/C26H18Cl2F3NO6/c1-36-16-7-3-13(4-8-16)21-20(22(33)18-11-14(27)12-19(28)24(18)37-2)23(34)25(35)32(21)15-5-9-17(10-6-15)38-26(29,30)31/h3-12,21,33H,1-2H3/b22-20+. The van der Waals surface area contributed by atoms with Gasteiger partial charge in [-0.2, -0.15) is 0 Å². The molecule has 0 bridgehead atoms. The molecule has 12 heteroatoms. The molecule has 0 radical (unpaired) electrons. The van der Waals surface area contributed by atoms with Gasteiger partial charge in [0.1, 0.15) is 23.0 Å². The van der Waals surface area contributed by atoms with Crippen molar-refractivity contribution in [3.63, 3.8) is 0 Å². The van der Waals surface area contributed by atoms with Crippen molar-refractivity contribution >= 4 is 46.3 Å². The van der Waals surface area contributed by atoms with E-state index in [1.807, 2.05) is 0 Å². The van der Waals surface area contributed by atoms with Crippen LogP contribution in [0.15, 0.2) is 66.2 Å². The van der Waals surface area contributed by atoms with E-state index < -0.39 is 35.6 Å². The number of amides is 1. The largest absolute Gasteiger partial charge is 0.573 e. The Morgan fingerprint density at radius 3 is 2.08 bits per heavy atom. The quantitative estimate of drug-likeness (QED) is 0.207. The van der Waals surface area contributed by atoms with Gasteiger partial charge in [0.15, 0.2) is 0 Å². The van der Waals surface area contributed by atoms with Crippen molar-refractivity contribution in [2.75, 3.05) is 19.1 Å². The number of halogens is 5. The third-order valence-corrected chi connectivity index (χ3v) is 6.19. The molecule has 0 aromatic heterocycles. The minimum absolute atomic E-state index is 0.0156. The molecule has 1 fully saturated rings. The molecule has 3 aromatic rings. The van der Waals surface area contributed by atoms with E-state index in [-0.39, 0.29) is 32.6 Å². The predicted octanol–water partition coefficient (Wildman–Crippen LogP) is 6.54. The van der Waals surface area contributed by atoms with Crippen LogP contribution in [0.3, 0.4) is 0 Å². The number of carbonyl (C=O) groups excluding carboxylic acids is 2. The molecule has 38 heavy (non-hydrogen) atoms. The zero-order valence-corrected chi connectivity index (χ0v) is 21.2. The molecule has 4 rings (SSSR count). The van der Waals surface area contributed by atoms with Gasteiger partial charge in [0.05, 0.1) is 36.4 Å². The molecule has 1 amide bonds. The lowest BCUT2D eigenvalue weighted by atomic mass is 9.94. The topological polar surface area (TPSA) is 85.3 Å². The summed E-state index contributed by atoms with van der Waals surface area (Å²) >= 11 is 12.3. The highest BCUT2D eigenvalue weighted by Crippen LogP contribution is 2.45. The van der Waals surface area contributed by atoms with Gasteiger partial charge in [-0.3, -0.25) is 14.5 Å². The fourth-order valence-electron chi connectivity index (χ4n) is 4.10. The average molecular weight is 568 g/mol. The van der Waals surface area contributed by atoms with E-state index in [2.05, 4.69) is 4.74 Å². The zero-order valence-electron chi connectivity index (χ0n) is 19.7. The van der Waals surface area contributed by atoms with Gasteiger partial charge in [-0.05, 0) is 54.1 Å². The molecule has 1 atom stereocenters. The molecule has 3 aromatic carbocycles. The van der Waals surface area contributed by atoms with Crippen molar-refractivity contribution in [2.24, 2.45) is 0 Å². The summed E-state index contributed by atoms with van der Waals surface area (Å²) in [5.74, 6) is -2.69. The first kappa shape index (κ1) is 27.2. The van der Waals surface area contributed by atoms with E-state index in [9.17, 15) is 27.9 Å². The number of hydrogen-bond donors (Lipinski definition) is 1. The second kappa shape index (κ2) is 10.5. The molecule has 1 saturated heterocycles. The van der Waals surface area contributed by atoms with E-state index in [0.717, 1.165) is 17.0 Å². The van der Waals surface area contributed by atoms with Crippen LogP contribution >= 0.6 is 23.2 Å². The van der Waals surface area contributed by atoms with Crippen LogP contribution in [0.4, 0.5) is 18.9 Å². The number of rotatable bonds is 6. The van der Waals surface area contributed by atoms with Gasteiger partial charge in [0, 0.05) is 10.7 Å². The number of anilines is 1. The van der Waals surface area contributed by atoms with Crippen LogP contribution in [0.1, 0.15) is 17.2 Å². The van der Waals surface area contributed by atoms with Crippen molar-refractivity contribution in [3.05, 3.63) is 87.4 Å². The zero-order chi connectivity index (χ0) is 27.8. The number of ether oxygens (including phenoxy) is 3. The third-order valence-electron chi connectivity index (χ3n) is 5.69. The molecular formula is C26H18Cl2F3NO6. The highest BCUT2D eigenvalue weighted by atomic mass is 35.5. The SMILES string of the molecule is COc1ccc(C2/C(=C(\O)c3cc(Cl)cc(Cl)c3OC)C(=O)C(=O)N2c2ccc(OC(F)(F)F)cc2)cc1. The van der Waals surface area contributed by atoms with Crippen LogP contribution in [-0.4, -0.2) is 37.4 Å². The van der Waals surface area contributed by atoms with Crippen LogP contribution in [0.25, 0.3) is 5.76 Å². The maximum atomic E-state index is 13.3. The third kappa shape index (κ3) is 5.23. The Kier molecular flexibility index (Phi) is 7.48. The van der Waals surface area contributed by atoms with Crippen molar-refractivity contribution in [2.45, 2.75) is 12.4 Å². The van der Waals surface area contributed by atoms with Crippen molar-refractivity contribution in [3.8, 4) is 17.2 Å². The molecular weight excluding hydrogens is 550 g/mol. The Morgan fingerprint density at radius 1 is 0.921 bits per heavy atom. The Bertz CT molecular complexity index is 1420. The molecule has 1 heterocycles. The lowest BCUT2D eigenvalue weighted by Crippen LogP contribution is -2.29. The highest BCUT2D eigenvalue weighted by Gasteiger charge is 2.47. The second-order valence-corrected chi connectivity index (χ2v) is 8.80. The molecule has 198 valence electrons. The summed E-state index contributed by atoms with van der Waals surface area (Å²) in [4.78, 5) is 27.7. The number of benzene rings is 3. The number of Topliss-reactive ketones (excluding diaryl/α,β-unsaturated/α-hetero) is 1. The fraction of sp³-hybridized carbons (Fsp3) is 0.154. The maximum Gasteiger partial charge on any atom is 0.573 e. The second-order valence-electron chi connectivity index (χ2n) is 7.95. The predicted molar refractivity (Wildman–Crippen MR) is 134 cm³/mol. The Balaban J connectivity index is 1.92. The summed E-state index contributed by atoms with van der Waals surface area (Å²) in [6.45, 7) is 0. The Labute approximate surface area is 224 Å². The van der Waals surface area contributed by atoms with Gasteiger partial charge in [0.25, 0.3) is 11.7 Å². The lowest BCUT2D eigenvalue weighted by Gasteiger charge is -2.26. The maximum absolute atomic E-state index is 13.3. The molecule has 1 N–H and O–H groups in total.